The van der Waals surface area contributed by atoms with Crippen molar-refractivity contribution in [2.24, 2.45) is 0 Å². The van der Waals surface area contributed by atoms with Gasteiger partial charge in [-0.25, -0.2) is 8.78 Å². The first kappa shape index (κ1) is 17.8. The Morgan fingerprint density at radius 1 is 1.04 bits per heavy atom. The van der Waals surface area contributed by atoms with Gasteiger partial charge in [0.15, 0.2) is 11.6 Å². The van der Waals surface area contributed by atoms with Gasteiger partial charge >= 0.3 is 0 Å². The standard InChI is InChI=1S/C19H28F2N2O/c1-2-19(23-11-13-24-14-12-23)6-9-22(10-7-19)8-5-16-3-4-17(20)18(21)15-16/h3-4,15H,2,5-14H2,1H3. The molecular weight excluding hydrogens is 310 g/mol. The Labute approximate surface area is 143 Å². The maximum Gasteiger partial charge on any atom is 0.159 e. The third kappa shape index (κ3) is 3.95. The molecule has 24 heavy (non-hydrogen) atoms. The highest BCUT2D eigenvalue weighted by molar-refractivity contribution is 5.18. The van der Waals surface area contributed by atoms with E-state index in [0.717, 1.165) is 57.9 Å². The van der Waals surface area contributed by atoms with E-state index >= 15 is 0 Å². The van der Waals surface area contributed by atoms with E-state index in [0.29, 0.717) is 5.54 Å². The number of hydrogen-bond donors (Lipinski definition) is 0. The van der Waals surface area contributed by atoms with E-state index in [1.165, 1.54) is 31.4 Å². The SMILES string of the molecule is CCC1(N2CCOCC2)CCN(CCc2ccc(F)c(F)c2)CC1. The Balaban J connectivity index is 1.51. The lowest BCUT2D eigenvalue weighted by molar-refractivity contribution is -0.0493. The summed E-state index contributed by atoms with van der Waals surface area (Å²) in [7, 11) is 0. The van der Waals surface area contributed by atoms with Gasteiger partial charge in [0, 0.05) is 25.2 Å². The van der Waals surface area contributed by atoms with Gasteiger partial charge in [-0.3, -0.25) is 4.90 Å². The van der Waals surface area contributed by atoms with E-state index in [4.69, 9.17) is 4.74 Å². The number of piperidine rings is 1. The molecule has 2 fully saturated rings. The van der Waals surface area contributed by atoms with E-state index in [1.54, 1.807) is 6.07 Å². The van der Waals surface area contributed by atoms with Crippen LogP contribution < -0.4 is 0 Å². The van der Waals surface area contributed by atoms with Crippen LogP contribution in [-0.4, -0.2) is 61.3 Å². The van der Waals surface area contributed by atoms with Gasteiger partial charge in [0.25, 0.3) is 0 Å². The van der Waals surface area contributed by atoms with Crippen LogP contribution in [0.15, 0.2) is 18.2 Å². The topological polar surface area (TPSA) is 15.7 Å². The molecule has 2 aliphatic heterocycles. The Bertz CT molecular complexity index is 538. The van der Waals surface area contributed by atoms with Crippen LogP contribution in [0, 0.1) is 11.6 Å². The Morgan fingerprint density at radius 3 is 2.38 bits per heavy atom. The number of hydrogen-bond acceptors (Lipinski definition) is 3. The van der Waals surface area contributed by atoms with Gasteiger partial charge in [-0.2, -0.15) is 0 Å². The van der Waals surface area contributed by atoms with Gasteiger partial charge in [-0.05, 0) is 56.5 Å². The Hall–Kier alpha value is -1.04. The van der Waals surface area contributed by atoms with Gasteiger partial charge in [-0.1, -0.05) is 13.0 Å². The minimum Gasteiger partial charge on any atom is -0.379 e. The second kappa shape index (κ2) is 7.89. The summed E-state index contributed by atoms with van der Waals surface area (Å²) in [4.78, 5) is 5.08. The van der Waals surface area contributed by atoms with Crippen molar-refractivity contribution in [2.45, 2.75) is 38.1 Å². The van der Waals surface area contributed by atoms with Gasteiger partial charge in [-0.15, -0.1) is 0 Å². The van der Waals surface area contributed by atoms with E-state index < -0.39 is 11.6 Å². The van der Waals surface area contributed by atoms with Gasteiger partial charge < -0.3 is 9.64 Å². The number of rotatable bonds is 5. The fourth-order valence-corrected chi connectivity index (χ4v) is 4.11. The number of likely N-dealkylation sites (tertiary alicyclic amines) is 1. The minimum absolute atomic E-state index is 0.322. The molecule has 134 valence electrons. The lowest BCUT2D eigenvalue weighted by atomic mass is 9.82. The van der Waals surface area contributed by atoms with Crippen LogP contribution >= 0.6 is 0 Å². The molecule has 1 aromatic carbocycles. The number of benzene rings is 1. The quantitative estimate of drug-likeness (QED) is 0.821. The summed E-state index contributed by atoms with van der Waals surface area (Å²) >= 11 is 0. The maximum atomic E-state index is 13.3. The highest BCUT2D eigenvalue weighted by Gasteiger charge is 2.38. The summed E-state index contributed by atoms with van der Waals surface area (Å²) in [5, 5.41) is 0. The third-order valence-electron chi connectivity index (χ3n) is 5.83. The lowest BCUT2D eigenvalue weighted by Crippen LogP contribution is -2.58. The average molecular weight is 338 g/mol. The smallest absolute Gasteiger partial charge is 0.159 e. The largest absolute Gasteiger partial charge is 0.379 e. The third-order valence-corrected chi connectivity index (χ3v) is 5.83. The van der Waals surface area contributed by atoms with E-state index in [2.05, 4.69) is 16.7 Å². The molecule has 3 rings (SSSR count). The highest BCUT2D eigenvalue weighted by Crippen LogP contribution is 2.32. The zero-order valence-corrected chi connectivity index (χ0v) is 14.6. The molecule has 0 spiro atoms. The molecule has 0 bridgehead atoms. The normalized spacial score (nSPS) is 22.6. The maximum absolute atomic E-state index is 13.3. The zero-order chi connectivity index (χ0) is 17.0. The van der Waals surface area contributed by atoms with Crippen LogP contribution in [0.3, 0.4) is 0 Å². The van der Waals surface area contributed by atoms with E-state index in [9.17, 15) is 8.78 Å². The van der Waals surface area contributed by atoms with E-state index in [1.807, 2.05) is 0 Å². The molecule has 0 aromatic heterocycles. The van der Waals surface area contributed by atoms with Gasteiger partial charge in [0.2, 0.25) is 0 Å². The van der Waals surface area contributed by atoms with Crippen LogP contribution in [0.2, 0.25) is 0 Å². The molecule has 1 aromatic rings. The van der Waals surface area contributed by atoms with Crippen molar-refractivity contribution in [3.05, 3.63) is 35.4 Å². The zero-order valence-electron chi connectivity index (χ0n) is 14.6. The summed E-state index contributed by atoms with van der Waals surface area (Å²) in [6.45, 7) is 9.15. The summed E-state index contributed by atoms with van der Waals surface area (Å²) in [5.74, 6) is -1.52. The molecule has 2 saturated heterocycles. The van der Waals surface area contributed by atoms with Crippen molar-refractivity contribution >= 4 is 0 Å². The molecule has 3 nitrogen and oxygen atoms in total. The van der Waals surface area contributed by atoms with Crippen LogP contribution in [0.25, 0.3) is 0 Å². The Morgan fingerprint density at radius 2 is 1.75 bits per heavy atom. The highest BCUT2D eigenvalue weighted by atomic mass is 19.2. The fourth-order valence-electron chi connectivity index (χ4n) is 4.11. The molecule has 5 heteroatoms. The van der Waals surface area contributed by atoms with Crippen molar-refractivity contribution in [1.82, 2.24) is 9.80 Å². The van der Waals surface area contributed by atoms with Crippen molar-refractivity contribution in [1.29, 1.82) is 0 Å². The molecule has 2 heterocycles. The van der Waals surface area contributed by atoms with Crippen LogP contribution in [0.4, 0.5) is 8.78 Å². The first-order valence-electron chi connectivity index (χ1n) is 9.12. The number of nitrogens with zero attached hydrogens (tertiary/aromatic N) is 2. The molecule has 0 aliphatic carbocycles. The summed E-state index contributed by atoms with van der Waals surface area (Å²) < 4.78 is 31.8. The number of ether oxygens (including phenoxy) is 1. The molecular formula is C19H28F2N2O. The second-order valence-corrected chi connectivity index (χ2v) is 7.02. The van der Waals surface area contributed by atoms with Crippen LogP contribution in [0.5, 0.6) is 0 Å². The molecule has 0 amide bonds. The van der Waals surface area contributed by atoms with Crippen molar-refractivity contribution in [3.63, 3.8) is 0 Å². The molecule has 0 unspecified atom stereocenters. The molecule has 0 atom stereocenters. The first-order chi connectivity index (χ1) is 11.6. The summed E-state index contributed by atoms with van der Waals surface area (Å²) in [5.41, 5.74) is 1.19. The number of morpholine rings is 1. The predicted octanol–water partition coefficient (Wildman–Crippen LogP) is 3.08. The summed E-state index contributed by atoms with van der Waals surface area (Å²) in [6, 6.07) is 4.23. The molecule has 0 N–H and O–H groups in total. The van der Waals surface area contributed by atoms with Crippen LogP contribution in [0.1, 0.15) is 31.7 Å². The number of halogens is 2. The summed E-state index contributed by atoms with van der Waals surface area (Å²) in [6.07, 6.45) is 4.32. The van der Waals surface area contributed by atoms with Crippen LogP contribution in [-0.2, 0) is 11.2 Å². The second-order valence-electron chi connectivity index (χ2n) is 7.02. The fraction of sp³-hybridized carbons (Fsp3) is 0.684. The minimum atomic E-state index is -0.769. The van der Waals surface area contributed by atoms with Crippen molar-refractivity contribution < 1.29 is 13.5 Å². The van der Waals surface area contributed by atoms with Crippen molar-refractivity contribution in [3.8, 4) is 0 Å². The average Bonchev–Trinajstić information content (AvgIpc) is 2.64. The molecule has 0 radical (unpaired) electrons. The van der Waals surface area contributed by atoms with Crippen molar-refractivity contribution in [2.75, 3.05) is 45.9 Å². The molecule has 2 aliphatic rings. The lowest BCUT2D eigenvalue weighted by Gasteiger charge is -2.50. The Kier molecular flexibility index (Phi) is 5.85. The first-order valence-corrected chi connectivity index (χ1v) is 9.12. The van der Waals surface area contributed by atoms with E-state index in [-0.39, 0.29) is 0 Å². The van der Waals surface area contributed by atoms with Gasteiger partial charge in [0.05, 0.1) is 13.2 Å². The molecule has 0 saturated carbocycles. The predicted molar refractivity (Wildman–Crippen MR) is 91.2 cm³/mol. The monoisotopic (exact) mass is 338 g/mol. The van der Waals surface area contributed by atoms with Gasteiger partial charge in [0.1, 0.15) is 0 Å².